The van der Waals surface area contributed by atoms with Gasteiger partial charge in [0.25, 0.3) is 5.91 Å². The Morgan fingerprint density at radius 1 is 1.19 bits per heavy atom. The molecule has 0 saturated carbocycles. The molecule has 0 fully saturated rings. The van der Waals surface area contributed by atoms with Crippen molar-refractivity contribution in [3.05, 3.63) is 59.2 Å². The maximum atomic E-state index is 13.3. The Kier molecular flexibility index (Phi) is 5.03. The Bertz CT molecular complexity index is 1040. The smallest absolute Gasteiger partial charge is 0.356 e. The van der Waals surface area contributed by atoms with Gasteiger partial charge in [-0.2, -0.15) is 4.37 Å². The number of halogens is 2. The van der Waals surface area contributed by atoms with E-state index in [2.05, 4.69) is 25.0 Å². The Labute approximate surface area is 155 Å². The van der Waals surface area contributed by atoms with Crippen LogP contribution in [0, 0.1) is 18.6 Å². The largest absolute Gasteiger partial charge is 0.476 e. The van der Waals surface area contributed by atoms with Crippen molar-refractivity contribution in [3.8, 4) is 0 Å². The molecule has 2 heterocycles. The zero-order valence-corrected chi connectivity index (χ0v) is 14.5. The molecule has 0 saturated heterocycles. The molecule has 0 spiro atoms. The van der Waals surface area contributed by atoms with Crippen molar-refractivity contribution in [2.24, 2.45) is 0 Å². The minimum absolute atomic E-state index is 0.0723. The molecule has 0 radical (unpaired) electrons. The van der Waals surface area contributed by atoms with Crippen molar-refractivity contribution in [1.82, 2.24) is 14.3 Å². The number of aromatic nitrogens is 3. The molecule has 0 aliphatic carbocycles. The van der Waals surface area contributed by atoms with Crippen LogP contribution in [0.1, 0.15) is 26.5 Å². The number of nitrogens with zero attached hydrogens (tertiary/aromatic N) is 3. The number of carboxylic acid groups (broad SMARTS) is 1. The Balaban J connectivity index is 1.85. The van der Waals surface area contributed by atoms with E-state index in [0.29, 0.717) is 10.7 Å². The molecule has 1 amide bonds. The van der Waals surface area contributed by atoms with Crippen LogP contribution in [-0.2, 0) is 0 Å². The van der Waals surface area contributed by atoms with Gasteiger partial charge >= 0.3 is 5.97 Å². The van der Waals surface area contributed by atoms with Gasteiger partial charge in [0.15, 0.2) is 23.1 Å². The molecule has 0 atom stereocenters. The van der Waals surface area contributed by atoms with Crippen molar-refractivity contribution in [2.75, 3.05) is 10.6 Å². The molecule has 0 unspecified atom stereocenters. The van der Waals surface area contributed by atoms with Crippen molar-refractivity contribution < 1.29 is 23.5 Å². The second kappa shape index (κ2) is 7.41. The lowest BCUT2D eigenvalue weighted by Crippen LogP contribution is -2.14. The third-order valence-corrected chi connectivity index (χ3v) is 4.22. The zero-order chi connectivity index (χ0) is 19.6. The summed E-state index contributed by atoms with van der Waals surface area (Å²) in [4.78, 5) is 31.2. The maximum Gasteiger partial charge on any atom is 0.356 e. The predicted molar refractivity (Wildman–Crippen MR) is 93.4 cm³/mol. The second-order valence-corrected chi connectivity index (χ2v) is 6.05. The summed E-state index contributed by atoms with van der Waals surface area (Å²) < 4.78 is 30.4. The van der Waals surface area contributed by atoms with Gasteiger partial charge in [0.2, 0.25) is 0 Å². The first-order valence-corrected chi connectivity index (χ1v) is 8.17. The lowest BCUT2D eigenvalue weighted by molar-refractivity contribution is 0.0690. The van der Waals surface area contributed by atoms with Crippen molar-refractivity contribution in [1.29, 1.82) is 0 Å². The van der Waals surface area contributed by atoms with E-state index in [1.54, 1.807) is 6.92 Å². The highest BCUT2D eigenvalue weighted by molar-refractivity contribution is 7.10. The monoisotopic (exact) mass is 391 g/mol. The van der Waals surface area contributed by atoms with E-state index in [0.717, 1.165) is 29.9 Å². The standard InChI is InChI=1S/C16H11F2N5O3S/c1-7-13(14(24)20-8-2-3-9(17)10(18)4-8)15(27-23-7)22-12-6-19-5-11(21-12)16(25)26/h2-6H,1H3,(H,20,24)(H,21,22)(H,25,26). The molecule has 0 aliphatic rings. The highest BCUT2D eigenvalue weighted by Crippen LogP contribution is 2.28. The van der Waals surface area contributed by atoms with E-state index < -0.39 is 23.5 Å². The Hall–Kier alpha value is -3.47. The average Bonchev–Trinajstić information content (AvgIpc) is 2.98. The first-order chi connectivity index (χ1) is 12.8. The molecule has 8 nitrogen and oxygen atoms in total. The summed E-state index contributed by atoms with van der Waals surface area (Å²) in [6, 6.07) is 2.98. The lowest BCUT2D eigenvalue weighted by Gasteiger charge is -2.08. The van der Waals surface area contributed by atoms with Crippen LogP contribution >= 0.6 is 11.5 Å². The third kappa shape index (κ3) is 4.03. The SMILES string of the molecule is Cc1nsc(Nc2cncc(C(=O)O)n2)c1C(=O)Nc1ccc(F)c(F)c1. The van der Waals surface area contributed by atoms with E-state index in [1.165, 1.54) is 12.3 Å². The number of aryl methyl sites for hydroxylation is 1. The number of nitrogens with one attached hydrogen (secondary N) is 2. The molecule has 2 aromatic heterocycles. The summed E-state index contributed by atoms with van der Waals surface area (Å²) in [5.74, 6) is -3.85. The van der Waals surface area contributed by atoms with Gasteiger partial charge in [0.05, 0.1) is 23.7 Å². The number of aromatic carboxylic acids is 1. The fourth-order valence-electron chi connectivity index (χ4n) is 2.14. The summed E-state index contributed by atoms with van der Waals surface area (Å²) in [6.45, 7) is 1.60. The topological polar surface area (TPSA) is 117 Å². The Morgan fingerprint density at radius 2 is 1.96 bits per heavy atom. The second-order valence-electron chi connectivity index (χ2n) is 5.27. The van der Waals surface area contributed by atoms with Crippen LogP contribution in [0.15, 0.2) is 30.6 Å². The predicted octanol–water partition coefficient (Wildman–Crippen LogP) is 3.21. The summed E-state index contributed by atoms with van der Waals surface area (Å²) in [6.07, 6.45) is 2.38. The number of carboxylic acids is 1. The number of benzene rings is 1. The number of anilines is 3. The molecule has 1 aromatic carbocycles. The van der Waals surface area contributed by atoms with Crippen molar-refractivity contribution in [3.63, 3.8) is 0 Å². The summed E-state index contributed by atoms with van der Waals surface area (Å²) in [7, 11) is 0. The minimum Gasteiger partial charge on any atom is -0.476 e. The van der Waals surface area contributed by atoms with E-state index >= 15 is 0 Å². The van der Waals surface area contributed by atoms with Crippen LogP contribution in [-0.4, -0.2) is 31.3 Å². The molecular formula is C16H11F2N5O3S. The quantitative estimate of drug-likeness (QED) is 0.611. The van der Waals surface area contributed by atoms with E-state index in [-0.39, 0.29) is 22.8 Å². The van der Waals surface area contributed by atoms with Gasteiger partial charge in [-0.05, 0) is 30.6 Å². The van der Waals surface area contributed by atoms with Gasteiger partial charge < -0.3 is 15.7 Å². The van der Waals surface area contributed by atoms with Gasteiger partial charge in [-0.3, -0.25) is 9.78 Å². The molecule has 3 aromatic rings. The molecule has 11 heteroatoms. The highest BCUT2D eigenvalue weighted by atomic mass is 32.1. The van der Waals surface area contributed by atoms with Crippen LogP contribution in [0.4, 0.5) is 25.3 Å². The van der Waals surface area contributed by atoms with Gasteiger partial charge in [0, 0.05) is 11.8 Å². The van der Waals surface area contributed by atoms with Gasteiger partial charge in [-0.25, -0.2) is 18.6 Å². The number of carbonyl (C=O) groups excluding carboxylic acids is 1. The average molecular weight is 391 g/mol. The van der Waals surface area contributed by atoms with Gasteiger partial charge in [0.1, 0.15) is 5.00 Å². The number of hydrogen-bond donors (Lipinski definition) is 3. The fraction of sp³-hybridized carbons (Fsp3) is 0.0625. The van der Waals surface area contributed by atoms with Crippen molar-refractivity contribution >= 4 is 39.9 Å². The number of hydrogen-bond acceptors (Lipinski definition) is 7. The molecule has 27 heavy (non-hydrogen) atoms. The van der Waals surface area contributed by atoms with Crippen LogP contribution < -0.4 is 10.6 Å². The molecule has 0 bridgehead atoms. The van der Waals surface area contributed by atoms with Crippen LogP contribution in [0.5, 0.6) is 0 Å². The summed E-state index contributed by atoms with van der Waals surface area (Å²) >= 11 is 0.959. The highest BCUT2D eigenvalue weighted by Gasteiger charge is 2.20. The molecule has 0 aliphatic heterocycles. The minimum atomic E-state index is -1.25. The van der Waals surface area contributed by atoms with Gasteiger partial charge in [-0.15, -0.1) is 0 Å². The first-order valence-electron chi connectivity index (χ1n) is 7.40. The van der Waals surface area contributed by atoms with Crippen molar-refractivity contribution in [2.45, 2.75) is 6.92 Å². The van der Waals surface area contributed by atoms with E-state index in [9.17, 15) is 18.4 Å². The lowest BCUT2D eigenvalue weighted by atomic mass is 10.2. The molecule has 138 valence electrons. The number of rotatable bonds is 5. The maximum absolute atomic E-state index is 13.3. The normalized spacial score (nSPS) is 10.5. The third-order valence-electron chi connectivity index (χ3n) is 3.36. The number of amides is 1. The summed E-state index contributed by atoms with van der Waals surface area (Å²) in [5.41, 5.74) is 0.356. The van der Waals surface area contributed by atoms with E-state index in [4.69, 9.17) is 5.11 Å². The van der Waals surface area contributed by atoms with E-state index in [1.807, 2.05) is 0 Å². The number of carbonyl (C=O) groups is 2. The molecular weight excluding hydrogens is 380 g/mol. The van der Waals surface area contributed by atoms with Crippen LogP contribution in [0.3, 0.4) is 0 Å². The zero-order valence-electron chi connectivity index (χ0n) is 13.7. The molecule has 3 N–H and O–H groups in total. The van der Waals surface area contributed by atoms with Gasteiger partial charge in [-0.1, -0.05) is 0 Å². The Morgan fingerprint density at radius 3 is 2.67 bits per heavy atom. The fourth-order valence-corrected chi connectivity index (χ4v) is 2.94. The molecule has 3 rings (SSSR count). The van der Waals surface area contributed by atoms with Crippen LogP contribution in [0.25, 0.3) is 0 Å². The first kappa shape index (κ1) is 18.3. The summed E-state index contributed by atoms with van der Waals surface area (Å²) in [5, 5.41) is 14.5. The van der Waals surface area contributed by atoms with Crippen LogP contribution in [0.2, 0.25) is 0 Å².